The average Bonchev–Trinajstić information content (AvgIpc) is 2.17. The molecule has 0 saturated carbocycles. The Kier molecular flexibility index (Phi) is 9.11. The molecule has 0 aromatic carbocycles. The van der Waals surface area contributed by atoms with Crippen LogP contribution >= 0.6 is 0 Å². The van der Waals surface area contributed by atoms with E-state index in [1.165, 1.54) is 0 Å². The lowest BCUT2D eigenvalue weighted by Crippen LogP contribution is -2.30. The first kappa shape index (κ1) is 14.1. The third-order valence-corrected chi connectivity index (χ3v) is 1.89. The van der Waals surface area contributed by atoms with E-state index >= 15 is 0 Å². The highest BCUT2D eigenvalue weighted by molar-refractivity contribution is 5.75. The molecule has 0 unspecified atom stereocenters. The third-order valence-electron chi connectivity index (χ3n) is 1.89. The summed E-state index contributed by atoms with van der Waals surface area (Å²) in [6, 6.07) is 0. The molecule has 0 atom stereocenters. The van der Waals surface area contributed by atoms with Crippen molar-refractivity contribution in [3.63, 3.8) is 0 Å². The van der Waals surface area contributed by atoms with E-state index in [2.05, 4.69) is 17.2 Å². The summed E-state index contributed by atoms with van der Waals surface area (Å²) in [5, 5.41) is 5.95. The van der Waals surface area contributed by atoms with Crippen LogP contribution in [0.5, 0.6) is 0 Å². The molecule has 0 aliphatic heterocycles. The topological polar surface area (TPSA) is 50.4 Å². The van der Waals surface area contributed by atoms with Crippen LogP contribution in [0, 0.1) is 0 Å². The summed E-state index contributed by atoms with van der Waals surface area (Å²) in [5.74, 6) is 0.0647. The molecule has 0 radical (unpaired) electrons. The summed E-state index contributed by atoms with van der Waals surface area (Å²) < 4.78 is 4.82. The van der Waals surface area contributed by atoms with Gasteiger partial charge >= 0.3 is 0 Å². The first-order valence-corrected chi connectivity index (χ1v) is 5.27. The number of amides is 1. The van der Waals surface area contributed by atoms with Gasteiger partial charge in [0, 0.05) is 26.6 Å². The Hall–Kier alpha value is -0.870. The predicted octanol–water partition coefficient (Wildman–Crippen LogP) is 0.695. The Morgan fingerprint density at radius 2 is 1.93 bits per heavy atom. The normalized spacial score (nSPS) is 10.0. The zero-order valence-corrected chi connectivity index (χ0v) is 9.77. The van der Waals surface area contributed by atoms with E-state index in [0.29, 0.717) is 26.1 Å². The van der Waals surface area contributed by atoms with Crippen LogP contribution in [0.2, 0.25) is 0 Å². The molecular weight excluding hydrogens is 192 g/mol. The van der Waals surface area contributed by atoms with Gasteiger partial charge in [0.2, 0.25) is 5.91 Å². The van der Waals surface area contributed by atoms with Gasteiger partial charge in [-0.15, -0.1) is 6.58 Å². The molecule has 15 heavy (non-hydrogen) atoms. The van der Waals surface area contributed by atoms with Crippen LogP contribution in [0.4, 0.5) is 0 Å². The number of hydrogen-bond acceptors (Lipinski definition) is 3. The number of methoxy groups -OCH3 is 1. The van der Waals surface area contributed by atoms with Gasteiger partial charge in [0.05, 0.1) is 6.61 Å². The Balaban J connectivity index is 3.20. The molecule has 0 aromatic rings. The van der Waals surface area contributed by atoms with Crippen molar-refractivity contribution in [2.24, 2.45) is 0 Å². The van der Waals surface area contributed by atoms with Crippen LogP contribution in [-0.2, 0) is 9.53 Å². The number of ether oxygens (including phenoxy) is 1. The quantitative estimate of drug-likeness (QED) is 0.439. The Morgan fingerprint density at radius 1 is 1.27 bits per heavy atom. The second-order valence-electron chi connectivity index (χ2n) is 3.55. The van der Waals surface area contributed by atoms with E-state index in [9.17, 15) is 4.79 Å². The molecule has 0 heterocycles. The standard InChI is InChI=1S/C11H22N2O2/c1-10(2)4-6-12-7-5-11(14)13-8-9-15-3/h12H,1,4-9H2,2-3H3,(H,13,14). The molecule has 0 aromatic heterocycles. The summed E-state index contributed by atoms with van der Waals surface area (Å²) in [7, 11) is 1.62. The summed E-state index contributed by atoms with van der Waals surface area (Å²) in [6.45, 7) is 8.56. The molecule has 2 N–H and O–H groups in total. The summed E-state index contributed by atoms with van der Waals surface area (Å²) in [5.41, 5.74) is 1.16. The Bertz CT molecular complexity index is 193. The maximum absolute atomic E-state index is 11.2. The zero-order valence-electron chi connectivity index (χ0n) is 9.77. The minimum Gasteiger partial charge on any atom is -0.383 e. The van der Waals surface area contributed by atoms with E-state index in [4.69, 9.17) is 4.74 Å². The average molecular weight is 214 g/mol. The van der Waals surface area contributed by atoms with E-state index in [1.54, 1.807) is 7.11 Å². The van der Waals surface area contributed by atoms with Gasteiger partial charge in [-0.3, -0.25) is 4.79 Å². The third kappa shape index (κ3) is 11.1. The molecule has 0 aliphatic rings. The number of hydrogen-bond donors (Lipinski definition) is 2. The lowest BCUT2D eigenvalue weighted by Gasteiger charge is -2.05. The van der Waals surface area contributed by atoms with Gasteiger partial charge in [0.15, 0.2) is 0 Å². The van der Waals surface area contributed by atoms with E-state index in [-0.39, 0.29) is 5.91 Å². The number of nitrogens with one attached hydrogen (secondary N) is 2. The summed E-state index contributed by atoms with van der Waals surface area (Å²) in [6.07, 6.45) is 1.48. The van der Waals surface area contributed by atoms with Crippen molar-refractivity contribution >= 4 is 5.91 Å². The van der Waals surface area contributed by atoms with Crippen molar-refractivity contribution in [1.82, 2.24) is 10.6 Å². The van der Waals surface area contributed by atoms with Gasteiger partial charge < -0.3 is 15.4 Å². The van der Waals surface area contributed by atoms with Crippen molar-refractivity contribution < 1.29 is 9.53 Å². The highest BCUT2D eigenvalue weighted by atomic mass is 16.5. The van der Waals surface area contributed by atoms with Gasteiger partial charge in [-0.1, -0.05) is 5.57 Å². The molecular formula is C11H22N2O2. The molecule has 88 valence electrons. The van der Waals surface area contributed by atoms with E-state index in [0.717, 1.165) is 18.5 Å². The SMILES string of the molecule is C=C(C)CCNCCC(=O)NCCOC. The van der Waals surface area contributed by atoms with Crippen LogP contribution in [0.1, 0.15) is 19.8 Å². The lowest BCUT2D eigenvalue weighted by atomic mass is 10.2. The second kappa shape index (κ2) is 9.68. The van der Waals surface area contributed by atoms with Crippen LogP contribution in [-0.4, -0.2) is 39.3 Å². The first-order chi connectivity index (χ1) is 7.16. The van der Waals surface area contributed by atoms with Crippen molar-refractivity contribution in [3.05, 3.63) is 12.2 Å². The maximum atomic E-state index is 11.2. The first-order valence-electron chi connectivity index (χ1n) is 5.27. The van der Waals surface area contributed by atoms with Crippen LogP contribution in [0.3, 0.4) is 0 Å². The van der Waals surface area contributed by atoms with Gasteiger partial charge in [-0.05, 0) is 19.9 Å². The highest BCUT2D eigenvalue weighted by Gasteiger charge is 1.98. The second-order valence-corrected chi connectivity index (χ2v) is 3.55. The Labute approximate surface area is 92.1 Å². The highest BCUT2D eigenvalue weighted by Crippen LogP contribution is 1.91. The van der Waals surface area contributed by atoms with Crippen molar-refractivity contribution in [3.8, 4) is 0 Å². The Morgan fingerprint density at radius 3 is 2.53 bits per heavy atom. The molecule has 0 bridgehead atoms. The largest absolute Gasteiger partial charge is 0.383 e. The van der Waals surface area contributed by atoms with Crippen LogP contribution in [0.15, 0.2) is 12.2 Å². The number of rotatable bonds is 9. The molecule has 0 saturated heterocycles. The maximum Gasteiger partial charge on any atom is 0.221 e. The molecule has 0 rings (SSSR count). The number of carbonyl (C=O) groups is 1. The molecule has 4 nitrogen and oxygen atoms in total. The molecule has 1 amide bonds. The molecule has 0 spiro atoms. The fourth-order valence-corrected chi connectivity index (χ4v) is 1.01. The van der Waals surface area contributed by atoms with E-state index < -0.39 is 0 Å². The summed E-state index contributed by atoms with van der Waals surface area (Å²) >= 11 is 0. The zero-order chi connectivity index (χ0) is 11.5. The van der Waals surface area contributed by atoms with Gasteiger partial charge in [0.1, 0.15) is 0 Å². The minimum absolute atomic E-state index is 0.0647. The monoisotopic (exact) mass is 214 g/mol. The van der Waals surface area contributed by atoms with Crippen LogP contribution < -0.4 is 10.6 Å². The van der Waals surface area contributed by atoms with Gasteiger partial charge in [0.25, 0.3) is 0 Å². The fraction of sp³-hybridized carbons (Fsp3) is 0.727. The lowest BCUT2D eigenvalue weighted by molar-refractivity contribution is -0.121. The van der Waals surface area contributed by atoms with Crippen molar-refractivity contribution in [1.29, 1.82) is 0 Å². The molecule has 0 fully saturated rings. The predicted molar refractivity (Wildman–Crippen MR) is 61.8 cm³/mol. The van der Waals surface area contributed by atoms with Crippen molar-refractivity contribution in [2.45, 2.75) is 19.8 Å². The summed E-state index contributed by atoms with van der Waals surface area (Å²) in [4.78, 5) is 11.2. The molecule has 4 heteroatoms. The minimum atomic E-state index is 0.0647. The van der Waals surface area contributed by atoms with Crippen LogP contribution in [0.25, 0.3) is 0 Å². The molecule has 0 aliphatic carbocycles. The smallest absolute Gasteiger partial charge is 0.221 e. The van der Waals surface area contributed by atoms with Gasteiger partial charge in [-0.2, -0.15) is 0 Å². The number of carbonyl (C=O) groups excluding carboxylic acids is 1. The van der Waals surface area contributed by atoms with Gasteiger partial charge in [-0.25, -0.2) is 0 Å². The van der Waals surface area contributed by atoms with E-state index in [1.807, 2.05) is 6.92 Å². The fourth-order valence-electron chi connectivity index (χ4n) is 1.01. The van der Waals surface area contributed by atoms with Crippen molar-refractivity contribution in [2.75, 3.05) is 33.4 Å².